The Kier molecular flexibility index (Phi) is 5.17. The predicted octanol–water partition coefficient (Wildman–Crippen LogP) is 2.54. The van der Waals surface area contributed by atoms with Crippen LogP contribution in [0.2, 0.25) is 0 Å². The van der Waals surface area contributed by atoms with Crippen molar-refractivity contribution in [3.63, 3.8) is 0 Å². The van der Waals surface area contributed by atoms with Gasteiger partial charge in [0.15, 0.2) is 0 Å². The van der Waals surface area contributed by atoms with Crippen molar-refractivity contribution in [2.45, 2.75) is 44.6 Å². The van der Waals surface area contributed by atoms with Gasteiger partial charge in [-0.1, -0.05) is 19.3 Å². The zero-order valence-electron chi connectivity index (χ0n) is 14.4. The van der Waals surface area contributed by atoms with Gasteiger partial charge in [-0.15, -0.1) is 11.3 Å². The molecule has 0 spiro atoms. The molecule has 0 aromatic carbocycles. The molecule has 2 heterocycles. The fraction of sp³-hybridized carbons (Fsp3) is 0.529. The van der Waals surface area contributed by atoms with Crippen LogP contribution in [0.3, 0.4) is 0 Å². The van der Waals surface area contributed by atoms with Gasteiger partial charge in [-0.05, 0) is 19.8 Å². The number of nitrogens with one attached hydrogen (secondary N) is 1. The van der Waals surface area contributed by atoms with E-state index in [1.807, 2.05) is 13.2 Å². The van der Waals surface area contributed by atoms with Gasteiger partial charge in [0.25, 0.3) is 5.91 Å². The van der Waals surface area contributed by atoms with Gasteiger partial charge in [-0.25, -0.2) is 9.78 Å². The molecule has 1 aliphatic carbocycles. The molecule has 1 N–H and O–H groups in total. The van der Waals surface area contributed by atoms with E-state index in [2.05, 4.69) is 15.4 Å². The molecule has 0 radical (unpaired) electrons. The maximum Gasteiger partial charge on any atom is 0.331 e. The zero-order chi connectivity index (χ0) is 17.9. The lowest BCUT2D eigenvalue weighted by molar-refractivity contribution is -0.152. The second-order valence-electron chi connectivity index (χ2n) is 6.26. The van der Waals surface area contributed by atoms with Gasteiger partial charge in [-0.3, -0.25) is 9.48 Å². The summed E-state index contributed by atoms with van der Waals surface area (Å²) in [5.74, 6) is -0.674. The van der Waals surface area contributed by atoms with Crippen LogP contribution >= 0.6 is 11.3 Å². The van der Waals surface area contributed by atoms with Crippen molar-refractivity contribution in [1.29, 1.82) is 0 Å². The Balaban J connectivity index is 1.77. The summed E-state index contributed by atoms with van der Waals surface area (Å²) in [7, 11) is 1.83. The molecule has 25 heavy (non-hydrogen) atoms. The minimum atomic E-state index is -0.927. The second-order valence-corrected chi connectivity index (χ2v) is 7.12. The van der Waals surface area contributed by atoms with Crippen molar-refractivity contribution in [1.82, 2.24) is 20.1 Å². The summed E-state index contributed by atoms with van der Waals surface area (Å²) in [4.78, 5) is 29.5. The van der Waals surface area contributed by atoms with Crippen LogP contribution in [0.1, 0.15) is 49.5 Å². The third kappa shape index (κ3) is 3.73. The molecule has 0 atom stereocenters. The molecule has 0 saturated heterocycles. The maximum absolute atomic E-state index is 12.7. The lowest BCUT2D eigenvalue weighted by atomic mass is 9.81. The van der Waals surface area contributed by atoms with Crippen LogP contribution in [0.15, 0.2) is 17.8 Å². The van der Waals surface area contributed by atoms with Crippen molar-refractivity contribution < 1.29 is 14.3 Å². The Hall–Kier alpha value is -2.22. The van der Waals surface area contributed by atoms with E-state index >= 15 is 0 Å². The van der Waals surface area contributed by atoms with Crippen LogP contribution in [0.25, 0.3) is 10.6 Å². The summed E-state index contributed by atoms with van der Waals surface area (Å²) in [5, 5.41) is 9.47. The fourth-order valence-electron chi connectivity index (χ4n) is 3.13. The van der Waals surface area contributed by atoms with Gasteiger partial charge < -0.3 is 10.1 Å². The summed E-state index contributed by atoms with van der Waals surface area (Å²) in [6, 6.07) is 0. The average Bonchev–Trinajstić information content (AvgIpc) is 3.25. The molecule has 7 nitrogen and oxygen atoms in total. The van der Waals surface area contributed by atoms with Gasteiger partial charge >= 0.3 is 5.97 Å². The number of carbonyl (C=O) groups excluding carboxylic acids is 2. The first-order valence-electron chi connectivity index (χ1n) is 8.48. The zero-order valence-corrected chi connectivity index (χ0v) is 15.3. The third-order valence-corrected chi connectivity index (χ3v) is 5.31. The van der Waals surface area contributed by atoms with Gasteiger partial charge in [0, 0.05) is 24.2 Å². The molecule has 1 fully saturated rings. The van der Waals surface area contributed by atoms with Crippen LogP contribution < -0.4 is 5.32 Å². The number of amides is 1. The van der Waals surface area contributed by atoms with Crippen molar-refractivity contribution in [2.24, 2.45) is 7.05 Å². The minimum Gasteiger partial charge on any atom is -0.464 e. The van der Waals surface area contributed by atoms with Crippen molar-refractivity contribution >= 4 is 23.2 Å². The first-order chi connectivity index (χ1) is 12.0. The van der Waals surface area contributed by atoms with Gasteiger partial charge in [0.2, 0.25) is 0 Å². The summed E-state index contributed by atoms with van der Waals surface area (Å²) in [6.45, 7) is 2.08. The number of carbonyl (C=O) groups is 2. The summed E-state index contributed by atoms with van der Waals surface area (Å²) >= 11 is 1.38. The van der Waals surface area contributed by atoms with Crippen LogP contribution in [0, 0.1) is 0 Å². The average molecular weight is 362 g/mol. The highest BCUT2D eigenvalue weighted by Crippen LogP contribution is 2.30. The molecule has 8 heteroatoms. The topological polar surface area (TPSA) is 86.1 Å². The number of rotatable bonds is 5. The third-order valence-electron chi connectivity index (χ3n) is 4.41. The first-order valence-corrected chi connectivity index (χ1v) is 9.36. The number of aryl methyl sites for hydroxylation is 1. The van der Waals surface area contributed by atoms with Gasteiger partial charge in [-0.2, -0.15) is 5.10 Å². The molecule has 0 bridgehead atoms. The lowest BCUT2D eigenvalue weighted by Crippen LogP contribution is -2.56. The van der Waals surface area contributed by atoms with Gasteiger partial charge in [0.05, 0.1) is 12.8 Å². The molecule has 1 aliphatic rings. The number of aromatic nitrogens is 3. The monoisotopic (exact) mass is 362 g/mol. The summed E-state index contributed by atoms with van der Waals surface area (Å²) < 4.78 is 6.91. The molecule has 2 aromatic heterocycles. The van der Waals surface area contributed by atoms with E-state index < -0.39 is 5.54 Å². The molecule has 0 unspecified atom stereocenters. The van der Waals surface area contributed by atoms with E-state index in [4.69, 9.17) is 4.74 Å². The summed E-state index contributed by atoms with van der Waals surface area (Å²) in [6.07, 6.45) is 7.64. The number of thiazole rings is 1. The first kappa shape index (κ1) is 17.6. The smallest absolute Gasteiger partial charge is 0.331 e. The number of nitrogens with zero attached hydrogens (tertiary/aromatic N) is 3. The lowest BCUT2D eigenvalue weighted by Gasteiger charge is -2.35. The highest BCUT2D eigenvalue weighted by atomic mass is 32.1. The number of hydrogen-bond donors (Lipinski definition) is 1. The number of esters is 1. The van der Waals surface area contributed by atoms with Crippen molar-refractivity contribution in [2.75, 3.05) is 6.61 Å². The SMILES string of the molecule is CCOC(=O)C1(NC(=O)c2csc(-c3cnn(C)c3)n2)CCCCC1. The number of hydrogen-bond acceptors (Lipinski definition) is 6. The molecular formula is C17H22N4O3S. The maximum atomic E-state index is 12.7. The molecule has 2 aromatic rings. The van der Waals surface area contributed by atoms with E-state index in [-0.39, 0.29) is 11.9 Å². The summed E-state index contributed by atoms with van der Waals surface area (Å²) in [5.41, 5.74) is 0.256. The van der Waals surface area contributed by atoms with Crippen LogP contribution in [0.4, 0.5) is 0 Å². The van der Waals surface area contributed by atoms with E-state index in [0.717, 1.165) is 29.8 Å². The highest BCUT2D eigenvalue weighted by Gasteiger charge is 2.42. The largest absolute Gasteiger partial charge is 0.464 e. The number of ether oxygens (including phenoxy) is 1. The Morgan fingerprint density at radius 3 is 2.76 bits per heavy atom. The van der Waals surface area contributed by atoms with Crippen LogP contribution in [-0.4, -0.2) is 38.8 Å². The van der Waals surface area contributed by atoms with E-state index in [9.17, 15) is 9.59 Å². The quantitative estimate of drug-likeness (QED) is 0.826. The molecule has 3 rings (SSSR count). The Bertz CT molecular complexity index is 762. The minimum absolute atomic E-state index is 0.304. The highest BCUT2D eigenvalue weighted by molar-refractivity contribution is 7.13. The Morgan fingerprint density at radius 1 is 1.36 bits per heavy atom. The Morgan fingerprint density at radius 2 is 2.12 bits per heavy atom. The fourth-order valence-corrected chi connectivity index (χ4v) is 3.90. The second kappa shape index (κ2) is 7.35. The van der Waals surface area contributed by atoms with Crippen molar-refractivity contribution in [3.05, 3.63) is 23.5 Å². The molecular weight excluding hydrogens is 340 g/mol. The standard InChI is InChI=1S/C17H22N4O3S/c1-3-24-16(23)17(7-5-4-6-8-17)20-14(22)13-11-25-15(19-13)12-9-18-21(2)10-12/h9-11H,3-8H2,1-2H3,(H,20,22). The molecule has 1 amide bonds. The molecule has 134 valence electrons. The van der Waals surface area contributed by atoms with Crippen LogP contribution in [-0.2, 0) is 16.6 Å². The van der Waals surface area contributed by atoms with Gasteiger partial charge in [0.1, 0.15) is 16.2 Å². The molecule has 0 aliphatic heterocycles. The van der Waals surface area contributed by atoms with Crippen molar-refractivity contribution in [3.8, 4) is 10.6 Å². The van der Waals surface area contributed by atoms with Crippen LogP contribution in [0.5, 0.6) is 0 Å². The molecule has 1 saturated carbocycles. The van der Waals surface area contributed by atoms with E-state index in [0.29, 0.717) is 25.1 Å². The van der Waals surface area contributed by atoms with E-state index in [1.165, 1.54) is 11.3 Å². The van der Waals surface area contributed by atoms with E-state index in [1.54, 1.807) is 23.2 Å². The Labute approximate surface area is 150 Å². The normalized spacial score (nSPS) is 16.4. The predicted molar refractivity (Wildman–Crippen MR) is 94.2 cm³/mol.